The molecule has 2 nitrogen and oxygen atoms in total. The molecule has 16 heavy (non-hydrogen) atoms. The second-order valence-corrected chi connectivity index (χ2v) is 10.7. The zero-order valence-electron chi connectivity index (χ0n) is 11.7. The van der Waals surface area contributed by atoms with Crippen LogP contribution in [0.25, 0.3) is 0 Å². The normalized spacial score (nSPS) is 32.2. The Kier molecular flexibility index (Phi) is 3.90. The van der Waals surface area contributed by atoms with Crippen LogP contribution < -0.4 is 0 Å². The summed E-state index contributed by atoms with van der Waals surface area (Å²) in [5.74, 6) is 0. The molecule has 2 unspecified atom stereocenters. The first-order valence-electron chi connectivity index (χ1n) is 6.29. The van der Waals surface area contributed by atoms with E-state index in [1.54, 1.807) is 0 Å². The Morgan fingerprint density at radius 1 is 1.44 bits per heavy atom. The van der Waals surface area contributed by atoms with Crippen molar-refractivity contribution in [3.63, 3.8) is 0 Å². The molecular weight excluding hydrogens is 212 g/mol. The van der Waals surface area contributed by atoms with Crippen LogP contribution in [0.3, 0.4) is 0 Å². The van der Waals surface area contributed by atoms with Crippen molar-refractivity contribution in [1.29, 1.82) is 0 Å². The number of rotatable bonds is 3. The lowest BCUT2D eigenvalue weighted by atomic mass is 9.95. The van der Waals surface area contributed by atoms with E-state index in [-0.39, 0.29) is 5.54 Å². The van der Waals surface area contributed by atoms with Crippen molar-refractivity contribution in [3.8, 4) is 0 Å². The summed E-state index contributed by atoms with van der Waals surface area (Å²) < 4.78 is 2.63. The molecule has 0 aromatic heterocycles. The van der Waals surface area contributed by atoms with Gasteiger partial charge < -0.3 is 16.5 Å². The Labute approximate surface area is 102 Å². The maximum absolute atomic E-state index is 4.63. The second kappa shape index (κ2) is 4.53. The molecule has 0 N–H and O–H groups in total. The SMILES string of the molecule is [CH2-]C1(C)C=N[C-](CC)C(CC)N1[Si](C)(C)C. The summed E-state index contributed by atoms with van der Waals surface area (Å²) in [6.45, 7) is 18.2. The van der Waals surface area contributed by atoms with Crippen molar-refractivity contribution in [2.24, 2.45) is 4.99 Å². The van der Waals surface area contributed by atoms with Crippen LogP contribution in [-0.4, -0.2) is 30.6 Å². The van der Waals surface area contributed by atoms with Gasteiger partial charge in [-0.2, -0.15) is 6.21 Å². The minimum Gasteiger partial charge on any atom is -0.454 e. The number of nitrogens with zero attached hydrogens (tertiary/aromatic N) is 2. The van der Waals surface area contributed by atoms with E-state index in [0.29, 0.717) is 6.04 Å². The highest BCUT2D eigenvalue weighted by molar-refractivity contribution is 6.73. The van der Waals surface area contributed by atoms with Gasteiger partial charge in [-0.3, -0.25) is 0 Å². The average molecular weight is 238 g/mol. The first kappa shape index (κ1) is 13.8. The van der Waals surface area contributed by atoms with Crippen LogP contribution in [0.4, 0.5) is 0 Å². The fraction of sp³-hybridized carbons (Fsp3) is 0.769. The van der Waals surface area contributed by atoms with E-state index in [2.05, 4.69) is 56.9 Å². The summed E-state index contributed by atoms with van der Waals surface area (Å²) in [7, 11) is -1.38. The summed E-state index contributed by atoms with van der Waals surface area (Å²) in [6.07, 6.45) is 4.22. The molecule has 0 saturated heterocycles. The molecule has 0 fully saturated rings. The Morgan fingerprint density at radius 3 is 2.38 bits per heavy atom. The van der Waals surface area contributed by atoms with E-state index in [4.69, 9.17) is 0 Å². The molecule has 0 spiro atoms. The minimum atomic E-state index is -1.38. The molecule has 0 aromatic carbocycles. The van der Waals surface area contributed by atoms with Crippen molar-refractivity contribution in [2.45, 2.75) is 64.8 Å². The highest BCUT2D eigenvalue weighted by Gasteiger charge is 2.35. The third-order valence-electron chi connectivity index (χ3n) is 3.23. The van der Waals surface area contributed by atoms with E-state index in [9.17, 15) is 0 Å². The summed E-state index contributed by atoms with van der Waals surface area (Å²) in [5.41, 5.74) is -0.135. The molecule has 0 aromatic rings. The summed E-state index contributed by atoms with van der Waals surface area (Å²) in [6, 6.07) is 1.82. The fourth-order valence-electron chi connectivity index (χ4n) is 2.85. The molecule has 2 atom stereocenters. The molecule has 0 bridgehead atoms. The van der Waals surface area contributed by atoms with Gasteiger partial charge in [-0.1, -0.05) is 53.3 Å². The van der Waals surface area contributed by atoms with E-state index in [1.165, 1.54) is 6.04 Å². The van der Waals surface area contributed by atoms with Gasteiger partial charge in [0.1, 0.15) is 8.24 Å². The molecule has 3 heteroatoms. The van der Waals surface area contributed by atoms with Crippen LogP contribution >= 0.6 is 0 Å². The topological polar surface area (TPSA) is 15.6 Å². The quantitative estimate of drug-likeness (QED) is 0.542. The minimum absolute atomic E-state index is 0.135. The summed E-state index contributed by atoms with van der Waals surface area (Å²) >= 11 is 0. The molecule has 0 aliphatic carbocycles. The smallest absolute Gasteiger partial charge is 0.115 e. The molecule has 1 aliphatic heterocycles. The molecule has 0 saturated carbocycles. The molecule has 1 heterocycles. The summed E-state index contributed by atoms with van der Waals surface area (Å²) in [5, 5.41) is 0. The fourth-order valence-corrected chi connectivity index (χ4v) is 5.71. The highest BCUT2D eigenvalue weighted by atomic mass is 28.3. The predicted molar refractivity (Wildman–Crippen MR) is 75.1 cm³/mol. The molecule has 94 valence electrons. The van der Waals surface area contributed by atoms with E-state index in [0.717, 1.165) is 12.8 Å². The molecule has 1 aliphatic rings. The van der Waals surface area contributed by atoms with Crippen molar-refractivity contribution >= 4 is 14.5 Å². The number of hydrogen-bond acceptors (Lipinski definition) is 2. The predicted octanol–water partition coefficient (Wildman–Crippen LogP) is 3.52. The van der Waals surface area contributed by atoms with Gasteiger partial charge in [0.05, 0.1) is 0 Å². The van der Waals surface area contributed by atoms with Crippen molar-refractivity contribution in [2.75, 3.05) is 0 Å². The van der Waals surface area contributed by atoms with Crippen molar-refractivity contribution < 1.29 is 0 Å². The lowest BCUT2D eigenvalue weighted by Crippen LogP contribution is -2.65. The van der Waals surface area contributed by atoms with Crippen LogP contribution in [0.5, 0.6) is 0 Å². The van der Waals surface area contributed by atoms with E-state index < -0.39 is 8.24 Å². The maximum atomic E-state index is 4.63. The largest absolute Gasteiger partial charge is 0.454 e. The van der Waals surface area contributed by atoms with Crippen LogP contribution in [0.2, 0.25) is 19.6 Å². The lowest BCUT2D eigenvalue weighted by Gasteiger charge is -2.63. The van der Waals surface area contributed by atoms with Crippen molar-refractivity contribution in [1.82, 2.24) is 4.57 Å². The molecule has 1 rings (SSSR count). The van der Waals surface area contributed by atoms with Crippen LogP contribution in [-0.2, 0) is 0 Å². The first-order valence-corrected chi connectivity index (χ1v) is 9.74. The molecule has 0 amide bonds. The number of aliphatic imine (C=N–C) groups is 1. The third kappa shape index (κ3) is 2.51. The Balaban J connectivity index is 3.12. The Hall–Kier alpha value is -0.283. The number of hydrogen-bond donors (Lipinski definition) is 0. The second-order valence-electron chi connectivity index (χ2n) is 5.93. The van der Waals surface area contributed by atoms with E-state index >= 15 is 0 Å². The average Bonchev–Trinajstić information content (AvgIpc) is 2.13. The van der Waals surface area contributed by atoms with Crippen molar-refractivity contribution in [3.05, 3.63) is 13.0 Å². The molecule has 0 radical (unpaired) electrons. The van der Waals surface area contributed by atoms with Crippen LogP contribution in [0.15, 0.2) is 4.99 Å². The Morgan fingerprint density at radius 2 is 2.00 bits per heavy atom. The Bertz CT molecular complexity index is 266. The third-order valence-corrected chi connectivity index (χ3v) is 5.49. The van der Waals surface area contributed by atoms with Gasteiger partial charge in [-0.25, -0.2) is 0 Å². The van der Waals surface area contributed by atoms with Crippen LogP contribution in [0, 0.1) is 13.0 Å². The zero-order valence-corrected chi connectivity index (χ0v) is 12.7. The monoisotopic (exact) mass is 238 g/mol. The van der Waals surface area contributed by atoms with Gasteiger partial charge in [-0.15, -0.1) is 11.6 Å². The lowest BCUT2D eigenvalue weighted by molar-refractivity contribution is 0.228. The standard InChI is InChI=1S/C13H26N2Si/c1-8-11-12(9-2)15(16(5,6)7)13(3,4)10-14-11/h10,12H,3,8-9H2,1-2,4-7H3/q-2. The summed E-state index contributed by atoms with van der Waals surface area (Å²) in [4.78, 5) is 4.63. The highest BCUT2D eigenvalue weighted by Crippen LogP contribution is 2.35. The molecular formula is C13H26N2Si-2. The van der Waals surface area contributed by atoms with Gasteiger partial charge in [-0.05, 0) is 6.04 Å². The van der Waals surface area contributed by atoms with E-state index in [1.807, 2.05) is 6.21 Å². The maximum Gasteiger partial charge on any atom is 0.115 e. The van der Waals surface area contributed by atoms with Gasteiger partial charge in [0.15, 0.2) is 0 Å². The van der Waals surface area contributed by atoms with Gasteiger partial charge in [0.2, 0.25) is 0 Å². The van der Waals surface area contributed by atoms with Crippen LogP contribution in [0.1, 0.15) is 33.6 Å². The van der Waals surface area contributed by atoms with Gasteiger partial charge in [0, 0.05) is 0 Å². The first-order chi connectivity index (χ1) is 7.24. The zero-order chi connectivity index (χ0) is 12.6. The van der Waals surface area contributed by atoms with Gasteiger partial charge >= 0.3 is 0 Å². The van der Waals surface area contributed by atoms with Gasteiger partial charge in [0.25, 0.3) is 0 Å².